The van der Waals surface area contributed by atoms with Crippen LogP contribution in [-0.4, -0.2) is 64.7 Å². The van der Waals surface area contributed by atoms with Gasteiger partial charge in [-0.1, -0.05) is 12.1 Å². The van der Waals surface area contributed by atoms with Crippen LogP contribution in [0.5, 0.6) is 0 Å². The van der Waals surface area contributed by atoms with E-state index in [1.807, 2.05) is 20.8 Å². The molecular formula is C15H27N5O2. The van der Waals surface area contributed by atoms with Gasteiger partial charge in [0, 0.05) is 32.2 Å². The van der Waals surface area contributed by atoms with Crippen molar-refractivity contribution < 1.29 is 9.53 Å². The van der Waals surface area contributed by atoms with Crippen LogP contribution in [0.1, 0.15) is 49.4 Å². The van der Waals surface area contributed by atoms with Gasteiger partial charge in [-0.15, -0.1) is 5.10 Å². The van der Waals surface area contributed by atoms with Gasteiger partial charge in [0.25, 0.3) is 5.91 Å². The molecule has 1 aliphatic rings. The predicted molar refractivity (Wildman–Crippen MR) is 83.9 cm³/mol. The number of carbonyl (C=O) groups excluding carboxylic acids is 1. The second-order valence-corrected chi connectivity index (χ2v) is 6.02. The monoisotopic (exact) mass is 309 g/mol. The van der Waals surface area contributed by atoms with E-state index in [0.717, 1.165) is 38.4 Å². The molecule has 0 saturated carbocycles. The average molecular weight is 309 g/mol. The lowest BCUT2D eigenvalue weighted by Crippen LogP contribution is -2.45. The molecule has 1 amide bonds. The minimum atomic E-state index is -0.148. The quantitative estimate of drug-likeness (QED) is 0.849. The molecule has 1 atom stereocenters. The van der Waals surface area contributed by atoms with Crippen LogP contribution < -0.4 is 5.32 Å². The van der Waals surface area contributed by atoms with Gasteiger partial charge in [-0.25, -0.2) is 4.68 Å². The molecule has 7 nitrogen and oxygen atoms in total. The molecule has 0 bridgehead atoms. The van der Waals surface area contributed by atoms with Crippen LogP contribution in [-0.2, 0) is 4.74 Å². The Balaban J connectivity index is 1.80. The fourth-order valence-corrected chi connectivity index (χ4v) is 2.68. The molecule has 124 valence electrons. The number of amides is 1. The molecular weight excluding hydrogens is 282 g/mol. The molecule has 1 aliphatic heterocycles. The van der Waals surface area contributed by atoms with E-state index in [1.165, 1.54) is 0 Å². The highest BCUT2D eigenvalue weighted by Gasteiger charge is 2.20. The fourth-order valence-electron chi connectivity index (χ4n) is 2.68. The molecule has 1 saturated heterocycles. The molecule has 1 fully saturated rings. The number of carbonyl (C=O) groups is 1. The maximum absolute atomic E-state index is 12.2. The first-order valence-electron chi connectivity index (χ1n) is 8.06. The molecule has 22 heavy (non-hydrogen) atoms. The Morgan fingerprint density at radius 2 is 2.27 bits per heavy atom. The summed E-state index contributed by atoms with van der Waals surface area (Å²) < 4.78 is 7.41. The predicted octanol–water partition coefficient (Wildman–Crippen LogP) is 1.01. The zero-order valence-corrected chi connectivity index (χ0v) is 14.0. The van der Waals surface area contributed by atoms with Crippen molar-refractivity contribution in [3.8, 4) is 0 Å². The average Bonchev–Trinajstić information content (AvgIpc) is 2.89. The van der Waals surface area contributed by atoms with Gasteiger partial charge < -0.3 is 10.1 Å². The molecule has 0 radical (unpaired) electrons. The van der Waals surface area contributed by atoms with Crippen LogP contribution in [0.15, 0.2) is 0 Å². The zero-order chi connectivity index (χ0) is 16.1. The summed E-state index contributed by atoms with van der Waals surface area (Å²) in [5.41, 5.74) is 1.23. The third-order valence-corrected chi connectivity index (χ3v) is 4.02. The van der Waals surface area contributed by atoms with Gasteiger partial charge in [0.15, 0.2) is 5.69 Å². The first kappa shape index (κ1) is 16.9. The molecule has 2 rings (SSSR count). The van der Waals surface area contributed by atoms with Gasteiger partial charge in [0.1, 0.15) is 0 Å². The summed E-state index contributed by atoms with van der Waals surface area (Å²) in [6, 6.07) is 0.202. The number of hydrogen-bond acceptors (Lipinski definition) is 5. The fraction of sp³-hybridized carbons (Fsp3) is 0.800. The van der Waals surface area contributed by atoms with E-state index in [-0.39, 0.29) is 11.9 Å². The van der Waals surface area contributed by atoms with E-state index in [9.17, 15) is 4.79 Å². The highest BCUT2D eigenvalue weighted by molar-refractivity contribution is 5.93. The zero-order valence-electron chi connectivity index (χ0n) is 14.0. The van der Waals surface area contributed by atoms with E-state index in [2.05, 4.69) is 27.5 Å². The van der Waals surface area contributed by atoms with Crippen molar-refractivity contribution in [1.82, 2.24) is 25.2 Å². The first-order valence-corrected chi connectivity index (χ1v) is 8.06. The Morgan fingerprint density at radius 3 is 2.91 bits per heavy atom. The van der Waals surface area contributed by atoms with Gasteiger partial charge in [-0.2, -0.15) is 0 Å². The number of nitrogens with one attached hydrogen (secondary N) is 1. The molecule has 0 aromatic carbocycles. The first-order chi connectivity index (χ1) is 10.5. The summed E-state index contributed by atoms with van der Waals surface area (Å²) in [4.78, 5) is 14.5. The summed E-state index contributed by atoms with van der Waals surface area (Å²) in [5.74, 6) is -0.148. The second kappa shape index (κ2) is 7.69. The number of rotatable bonds is 6. The van der Waals surface area contributed by atoms with Crippen molar-refractivity contribution in [2.24, 2.45) is 0 Å². The Morgan fingerprint density at radius 1 is 1.50 bits per heavy atom. The smallest absolute Gasteiger partial charge is 0.273 e. The summed E-state index contributed by atoms with van der Waals surface area (Å²) in [6.07, 6.45) is 1.35. The summed E-state index contributed by atoms with van der Waals surface area (Å²) >= 11 is 0. The van der Waals surface area contributed by atoms with Crippen LogP contribution in [0, 0.1) is 6.92 Å². The van der Waals surface area contributed by atoms with Crippen LogP contribution in [0.25, 0.3) is 0 Å². The highest BCUT2D eigenvalue weighted by Crippen LogP contribution is 2.10. The number of ether oxygens (including phenoxy) is 1. The van der Waals surface area contributed by atoms with Crippen LogP contribution in [0.3, 0.4) is 0 Å². The second-order valence-electron chi connectivity index (χ2n) is 6.02. The van der Waals surface area contributed by atoms with Crippen molar-refractivity contribution in [2.45, 2.75) is 46.3 Å². The SMILES string of the molecule is CCC1CN(CCNC(=O)c2nnn(C(C)C)c2C)CCO1. The third kappa shape index (κ3) is 4.04. The molecule has 1 aromatic rings. The standard InChI is InChI=1S/C15H27N5O2/c1-5-13-10-19(8-9-22-13)7-6-16-15(21)14-12(4)20(11(2)3)18-17-14/h11,13H,5-10H2,1-4H3,(H,16,21). The van der Waals surface area contributed by atoms with Gasteiger partial charge in [-0.3, -0.25) is 9.69 Å². The Kier molecular flexibility index (Phi) is 5.90. The van der Waals surface area contributed by atoms with Gasteiger partial charge in [0.2, 0.25) is 0 Å². The summed E-state index contributed by atoms with van der Waals surface area (Å²) in [7, 11) is 0. The van der Waals surface area contributed by atoms with Gasteiger partial charge >= 0.3 is 0 Å². The lowest BCUT2D eigenvalue weighted by molar-refractivity contribution is -0.0289. The van der Waals surface area contributed by atoms with Crippen LogP contribution in [0.2, 0.25) is 0 Å². The maximum Gasteiger partial charge on any atom is 0.273 e. The summed E-state index contributed by atoms with van der Waals surface area (Å²) in [6.45, 7) is 12.1. The largest absolute Gasteiger partial charge is 0.376 e. The minimum absolute atomic E-state index is 0.148. The molecule has 0 aliphatic carbocycles. The molecule has 7 heteroatoms. The minimum Gasteiger partial charge on any atom is -0.376 e. The van der Waals surface area contributed by atoms with Crippen molar-refractivity contribution in [3.63, 3.8) is 0 Å². The number of hydrogen-bond donors (Lipinski definition) is 1. The molecule has 2 heterocycles. The Labute approximate surface area is 132 Å². The summed E-state index contributed by atoms with van der Waals surface area (Å²) in [5, 5.41) is 11.0. The molecule has 1 N–H and O–H groups in total. The van der Waals surface area contributed by atoms with E-state index < -0.39 is 0 Å². The maximum atomic E-state index is 12.2. The van der Waals surface area contributed by atoms with Gasteiger partial charge in [-0.05, 0) is 27.2 Å². The van der Waals surface area contributed by atoms with Crippen molar-refractivity contribution >= 4 is 5.91 Å². The van der Waals surface area contributed by atoms with Crippen molar-refractivity contribution in [3.05, 3.63) is 11.4 Å². The number of nitrogens with zero attached hydrogens (tertiary/aromatic N) is 4. The van der Waals surface area contributed by atoms with E-state index in [1.54, 1.807) is 4.68 Å². The van der Waals surface area contributed by atoms with Crippen molar-refractivity contribution in [2.75, 3.05) is 32.8 Å². The Hall–Kier alpha value is -1.47. The van der Waals surface area contributed by atoms with Crippen molar-refractivity contribution in [1.29, 1.82) is 0 Å². The van der Waals surface area contributed by atoms with Crippen LogP contribution in [0.4, 0.5) is 0 Å². The molecule has 1 aromatic heterocycles. The Bertz CT molecular complexity index is 500. The van der Waals surface area contributed by atoms with Crippen LogP contribution >= 0.6 is 0 Å². The van der Waals surface area contributed by atoms with E-state index in [4.69, 9.17) is 4.74 Å². The number of morpholine rings is 1. The molecule has 0 spiro atoms. The van der Waals surface area contributed by atoms with Gasteiger partial charge in [0.05, 0.1) is 18.4 Å². The topological polar surface area (TPSA) is 72.3 Å². The lowest BCUT2D eigenvalue weighted by Gasteiger charge is -2.32. The lowest BCUT2D eigenvalue weighted by atomic mass is 10.2. The third-order valence-electron chi connectivity index (χ3n) is 4.02. The molecule has 1 unspecified atom stereocenters. The normalized spacial score (nSPS) is 19.6. The van der Waals surface area contributed by atoms with E-state index in [0.29, 0.717) is 18.3 Å². The number of aromatic nitrogens is 3. The van der Waals surface area contributed by atoms with E-state index >= 15 is 0 Å². The highest BCUT2D eigenvalue weighted by atomic mass is 16.5.